The van der Waals surface area contributed by atoms with Crippen LogP contribution in [0.2, 0.25) is 0 Å². The molecule has 0 aliphatic rings. The first kappa shape index (κ1) is 13.6. The normalized spacial score (nSPS) is 10.5. The van der Waals surface area contributed by atoms with Crippen LogP contribution in [0.25, 0.3) is 11.1 Å². The summed E-state index contributed by atoms with van der Waals surface area (Å²) in [5, 5.41) is 3.16. The van der Waals surface area contributed by atoms with Gasteiger partial charge < -0.3 is 10.1 Å². The molecule has 2 aromatic carbocycles. The molecule has 0 radical (unpaired) electrons. The lowest BCUT2D eigenvalue weighted by Crippen LogP contribution is -2.04. The SMILES string of the molecule is CNCc1ccc(-c2cc(C)c(OC)cc2C)cc1. The van der Waals surface area contributed by atoms with E-state index in [1.807, 2.05) is 7.05 Å². The van der Waals surface area contributed by atoms with Crippen LogP contribution in [-0.4, -0.2) is 14.2 Å². The maximum absolute atomic E-state index is 5.36. The van der Waals surface area contributed by atoms with E-state index in [1.165, 1.54) is 27.8 Å². The van der Waals surface area contributed by atoms with Crippen molar-refractivity contribution in [2.45, 2.75) is 20.4 Å². The highest BCUT2D eigenvalue weighted by molar-refractivity contribution is 5.69. The number of ether oxygens (including phenoxy) is 1. The summed E-state index contributed by atoms with van der Waals surface area (Å²) in [6, 6.07) is 13.0. The summed E-state index contributed by atoms with van der Waals surface area (Å²) in [5.74, 6) is 0.952. The molecule has 0 aliphatic heterocycles. The average Bonchev–Trinajstić information content (AvgIpc) is 2.42. The summed E-state index contributed by atoms with van der Waals surface area (Å²) in [6.07, 6.45) is 0. The number of nitrogens with one attached hydrogen (secondary N) is 1. The molecule has 0 atom stereocenters. The zero-order chi connectivity index (χ0) is 13.8. The van der Waals surface area contributed by atoms with Crippen LogP contribution in [0.4, 0.5) is 0 Å². The Balaban J connectivity index is 2.38. The fraction of sp³-hybridized carbons (Fsp3) is 0.294. The van der Waals surface area contributed by atoms with Crippen molar-refractivity contribution in [2.75, 3.05) is 14.2 Å². The van der Waals surface area contributed by atoms with Crippen LogP contribution in [0.5, 0.6) is 5.75 Å². The molecule has 2 nitrogen and oxygen atoms in total. The first-order valence-corrected chi connectivity index (χ1v) is 6.55. The van der Waals surface area contributed by atoms with Crippen LogP contribution in [0.15, 0.2) is 36.4 Å². The number of hydrogen-bond acceptors (Lipinski definition) is 2. The van der Waals surface area contributed by atoms with Gasteiger partial charge in [0.05, 0.1) is 7.11 Å². The van der Waals surface area contributed by atoms with Gasteiger partial charge in [-0.3, -0.25) is 0 Å². The predicted molar refractivity (Wildman–Crippen MR) is 80.7 cm³/mol. The minimum absolute atomic E-state index is 0.904. The minimum Gasteiger partial charge on any atom is -0.496 e. The van der Waals surface area contributed by atoms with E-state index in [2.05, 4.69) is 55.6 Å². The molecule has 100 valence electrons. The van der Waals surface area contributed by atoms with Gasteiger partial charge in [0.1, 0.15) is 5.75 Å². The lowest BCUT2D eigenvalue weighted by Gasteiger charge is -2.12. The average molecular weight is 255 g/mol. The summed E-state index contributed by atoms with van der Waals surface area (Å²) in [6.45, 7) is 5.11. The van der Waals surface area contributed by atoms with Gasteiger partial charge in [-0.1, -0.05) is 24.3 Å². The molecule has 0 saturated heterocycles. The molecule has 2 rings (SSSR count). The fourth-order valence-electron chi connectivity index (χ4n) is 2.33. The highest BCUT2D eigenvalue weighted by Crippen LogP contribution is 2.30. The Morgan fingerprint density at radius 3 is 2.26 bits per heavy atom. The van der Waals surface area contributed by atoms with Crippen LogP contribution < -0.4 is 10.1 Å². The third-order valence-electron chi connectivity index (χ3n) is 3.39. The second kappa shape index (κ2) is 5.89. The Hall–Kier alpha value is -1.80. The van der Waals surface area contributed by atoms with E-state index < -0.39 is 0 Å². The molecule has 0 aromatic heterocycles. The van der Waals surface area contributed by atoms with Gasteiger partial charge in [-0.05, 0) is 60.8 Å². The molecule has 0 fully saturated rings. The molecular formula is C17H21NO. The van der Waals surface area contributed by atoms with Crippen LogP contribution in [-0.2, 0) is 6.54 Å². The lowest BCUT2D eigenvalue weighted by molar-refractivity contribution is 0.411. The van der Waals surface area contributed by atoms with Crippen molar-refractivity contribution >= 4 is 0 Å². The number of aryl methyl sites for hydroxylation is 2. The highest BCUT2D eigenvalue weighted by Gasteiger charge is 2.06. The Bertz CT molecular complexity index is 558. The highest BCUT2D eigenvalue weighted by atomic mass is 16.5. The molecule has 0 amide bonds. The van der Waals surface area contributed by atoms with Gasteiger partial charge in [0.15, 0.2) is 0 Å². The minimum atomic E-state index is 0.904. The quantitative estimate of drug-likeness (QED) is 0.899. The van der Waals surface area contributed by atoms with Gasteiger partial charge in [0.25, 0.3) is 0 Å². The maximum atomic E-state index is 5.36. The molecule has 0 spiro atoms. The van der Waals surface area contributed by atoms with Crippen molar-refractivity contribution in [3.05, 3.63) is 53.1 Å². The molecule has 0 heterocycles. The fourth-order valence-corrected chi connectivity index (χ4v) is 2.33. The molecule has 0 saturated carbocycles. The van der Waals surface area contributed by atoms with Crippen LogP contribution in [0.3, 0.4) is 0 Å². The first-order valence-electron chi connectivity index (χ1n) is 6.55. The Labute approximate surface area is 115 Å². The largest absolute Gasteiger partial charge is 0.496 e. The van der Waals surface area contributed by atoms with E-state index in [9.17, 15) is 0 Å². The van der Waals surface area contributed by atoms with Gasteiger partial charge in [0, 0.05) is 6.54 Å². The standard InChI is InChI=1S/C17H21NO/c1-12-10-17(19-4)13(2)9-16(12)15-7-5-14(6-8-15)11-18-3/h5-10,18H,11H2,1-4H3. The second-order valence-electron chi connectivity index (χ2n) is 4.86. The van der Waals surface area contributed by atoms with Gasteiger partial charge in [-0.2, -0.15) is 0 Å². The first-order chi connectivity index (χ1) is 9.15. The van der Waals surface area contributed by atoms with Crippen molar-refractivity contribution < 1.29 is 4.74 Å². The Kier molecular flexibility index (Phi) is 4.23. The summed E-state index contributed by atoms with van der Waals surface area (Å²) in [5.41, 5.74) is 6.23. The van der Waals surface area contributed by atoms with Gasteiger partial charge >= 0.3 is 0 Å². The third kappa shape index (κ3) is 2.96. The number of rotatable bonds is 4. The van der Waals surface area contributed by atoms with Gasteiger partial charge in [-0.15, -0.1) is 0 Å². The van der Waals surface area contributed by atoms with Crippen molar-refractivity contribution in [1.82, 2.24) is 5.32 Å². The van der Waals surface area contributed by atoms with Crippen LogP contribution >= 0.6 is 0 Å². The van der Waals surface area contributed by atoms with E-state index in [0.29, 0.717) is 0 Å². The molecule has 0 bridgehead atoms. The molecule has 2 aromatic rings. The van der Waals surface area contributed by atoms with Crippen LogP contribution in [0, 0.1) is 13.8 Å². The van der Waals surface area contributed by atoms with Gasteiger partial charge in [-0.25, -0.2) is 0 Å². The Morgan fingerprint density at radius 1 is 1.00 bits per heavy atom. The monoisotopic (exact) mass is 255 g/mol. The smallest absolute Gasteiger partial charge is 0.122 e. The van der Waals surface area contributed by atoms with Crippen molar-refractivity contribution in [1.29, 1.82) is 0 Å². The van der Waals surface area contributed by atoms with Gasteiger partial charge in [0.2, 0.25) is 0 Å². The zero-order valence-electron chi connectivity index (χ0n) is 12.1. The number of hydrogen-bond donors (Lipinski definition) is 1. The molecular weight excluding hydrogens is 234 g/mol. The topological polar surface area (TPSA) is 21.3 Å². The second-order valence-corrected chi connectivity index (χ2v) is 4.86. The van der Waals surface area contributed by atoms with E-state index in [1.54, 1.807) is 7.11 Å². The Morgan fingerprint density at radius 2 is 1.68 bits per heavy atom. The van der Waals surface area contributed by atoms with Crippen molar-refractivity contribution in [3.8, 4) is 16.9 Å². The summed E-state index contributed by atoms with van der Waals surface area (Å²) in [7, 11) is 3.68. The molecule has 0 aliphatic carbocycles. The summed E-state index contributed by atoms with van der Waals surface area (Å²) in [4.78, 5) is 0. The molecule has 19 heavy (non-hydrogen) atoms. The maximum Gasteiger partial charge on any atom is 0.122 e. The summed E-state index contributed by atoms with van der Waals surface area (Å²) >= 11 is 0. The predicted octanol–water partition coefficient (Wildman–Crippen LogP) is 3.70. The third-order valence-corrected chi connectivity index (χ3v) is 3.39. The molecule has 1 N–H and O–H groups in total. The van der Waals surface area contributed by atoms with Crippen LogP contribution in [0.1, 0.15) is 16.7 Å². The van der Waals surface area contributed by atoms with Crippen molar-refractivity contribution in [2.24, 2.45) is 0 Å². The van der Waals surface area contributed by atoms with Crippen molar-refractivity contribution in [3.63, 3.8) is 0 Å². The molecule has 0 unspecified atom stereocenters. The summed E-state index contributed by atoms with van der Waals surface area (Å²) < 4.78 is 5.36. The number of methoxy groups -OCH3 is 1. The lowest BCUT2D eigenvalue weighted by atomic mass is 9.97. The van der Waals surface area contributed by atoms with E-state index >= 15 is 0 Å². The number of benzene rings is 2. The van der Waals surface area contributed by atoms with E-state index in [-0.39, 0.29) is 0 Å². The van der Waals surface area contributed by atoms with E-state index in [4.69, 9.17) is 4.74 Å². The molecule has 2 heteroatoms. The van der Waals surface area contributed by atoms with E-state index in [0.717, 1.165) is 12.3 Å². The zero-order valence-corrected chi connectivity index (χ0v) is 12.1.